The van der Waals surface area contributed by atoms with Gasteiger partial charge in [-0.1, -0.05) is 116 Å². The average Bonchev–Trinajstić information content (AvgIpc) is 2.38. The molecule has 0 fully saturated rings. The van der Waals surface area contributed by atoms with E-state index in [0.717, 1.165) is 0 Å². The van der Waals surface area contributed by atoms with Crippen LogP contribution in [0.3, 0.4) is 0 Å². The van der Waals surface area contributed by atoms with Crippen molar-refractivity contribution in [2.75, 3.05) is 0 Å². The Bertz CT molecular complexity index is 651. The molecule has 0 amide bonds. The smallest absolute Gasteiger partial charge is 0.0741 e. The molecule has 0 aliphatic heterocycles. The van der Waals surface area contributed by atoms with Crippen molar-refractivity contribution in [2.24, 2.45) is 0 Å². The Morgan fingerprint density at radius 1 is 0.586 bits per heavy atom. The topological polar surface area (TPSA) is 0 Å². The van der Waals surface area contributed by atoms with Crippen LogP contribution in [0.5, 0.6) is 0 Å². The minimum Gasteiger partial charge on any atom is -0.143 e. The fourth-order valence-electron chi connectivity index (χ4n) is 6.42. The maximum atomic E-state index is 5.04. The van der Waals surface area contributed by atoms with Crippen LogP contribution in [-0.4, -0.2) is 8.07 Å². The molecule has 0 saturated heterocycles. The van der Waals surface area contributed by atoms with Crippen LogP contribution in [0.4, 0.5) is 0 Å². The van der Waals surface area contributed by atoms with Crippen molar-refractivity contribution in [1.82, 2.24) is 0 Å². The van der Waals surface area contributed by atoms with Crippen LogP contribution < -0.4 is 0 Å². The summed E-state index contributed by atoms with van der Waals surface area (Å²) >= 11 is 5.04. The van der Waals surface area contributed by atoms with Crippen molar-refractivity contribution >= 4 is 20.7 Å². The Balaban J connectivity index is 3.93. The van der Waals surface area contributed by atoms with Gasteiger partial charge >= 0.3 is 0 Å². The third-order valence-corrected chi connectivity index (χ3v) is 16.2. The van der Waals surface area contributed by atoms with Gasteiger partial charge in [0.25, 0.3) is 0 Å². The standard InChI is InChI=1S/C27H50SSi/c1-23(2,3)20-16-19(17-21(22(20)28)24(4,5)6)18-29(25(7,8)9,26(10,11)12)27(13,14)15/h16-17,28H,18H2,1-15H3. The maximum absolute atomic E-state index is 5.04. The first-order valence-corrected chi connectivity index (χ1v) is 14.0. The van der Waals surface area contributed by atoms with Crippen LogP contribution in [0.15, 0.2) is 17.0 Å². The molecule has 0 aromatic heterocycles. The fraction of sp³-hybridized carbons (Fsp3) is 0.778. The van der Waals surface area contributed by atoms with Crippen molar-refractivity contribution in [3.8, 4) is 0 Å². The van der Waals surface area contributed by atoms with Crippen LogP contribution >= 0.6 is 12.6 Å². The highest BCUT2D eigenvalue weighted by atomic mass is 32.1. The molecule has 2 heteroatoms. The summed E-state index contributed by atoms with van der Waals surface area (Å²) in [6, 6.07) is 6.19. The Labute approximate surface area is 190 Å². The van der Waals surface area contributed by atoms with Crippen molar-refractivity contribution < 1.29 is 0 Å². The summed E-state index contributed by atoms with van der Waals surface area (Å²) in [5, 5.41) is 0.896. The van der Waals surface area contributed by atoms with Crippen LogP contribution in [0.2, 0.25) is 15.1 Å². The number of thiol groups is 1. The lowest BCUT2D eigenvalue weighted by Gasteiger charge is -2.60. The number of rotatable bonds is 2. The molecule has 0 aliphatic rings. The quantitative estimate of drug-likeness (QED) is 0.347. The highest BCUT2D eigenvalue weighted by Gasteiger charge is 2.59. The number of benzene rings is 1. The zero-order valence-electron chi connectivity index (χ0n) is 22.3. The molecule has 1 rings (SSSR count). The van der Waals surface area contributed by atoms with Gasteiger partial charge in [0.2, 0.25) is 0 Å². The maximum Gasteiger partial charge on any atom is 0.0741 e. The summed E-state index contributed by atoms with van der Waals surface area (Å²) in [4.78, 5) is 1.18. The van der Waals surface area contributed by atoms with Crippen LogP contribution in [0.25, 0.3) is 0 Å². The lowest BCUT2D eigenvalue weighted by Crippen LogP contribution is -2.60. The van der Waals surface area contributed by atoms with Crippen molar-refractivity contribution in [2.45, 2.75) is 141 Å². The summed E-state index contributed by atoms with van der Waals surface area (Å²) < 4.78 is 0. The summed E-state index contributed by atoms with van der Waals surface area (Å²) in [6.45, 7) is 36.4. The molecule has 0 bridgehead atoms. The Kier molecular flexibility index (Phi) is 7.15. The molecule has 1 aromatic carbocycles. The average molecular weight is 435 g/mol. The SMILES string of the molecule is CC(C)(C)c1cc(C[Si](C(C)(C)C)(C(C)(C)C)C(C)(C)C)cc(C(C)(C)C)c1S. The molecular weight excluding hydrogens is 384 g/mol. The zero-order valence-corrected chi connectivity index (χ0v) is 24.2. The van der Waals surface area contributed by atoms with Gasteiger partial charge in [0.1, 0.15) is 0 Å². The second-order valence-corrected chi connectivity index (χ2v) is 21.5. The summed E-state index contributed by atoms with van der Waals surface area (Å²) in [5.74, 6) is 0. The van der Waals surface area contributed by atoms with Crippen LogP contribution in [0, 0.1) is 0 Å². The van der Waals surface area contributed by atoms with E-state index >= 15 is 0 Å². The highest BCUT2D eigenvalue weighted by Crippen LogP contribution is 2.63. The molecule has 0 saturated carbocycles. The summed E-state index contributed by atoms with van der Waals surface area (Å²) in [6.07, 6.45) is 0. The van der Waals surface area contributed by atoms with Crippen molar-refractivity contribution in [3.05, 3.63) is 28.8 Å². The van der Waals surface area contributed by atoms with Crippen LogP contribution in [-0.2, 0) is 16.9 Å². The van der Waals surface area contributed by atoms with Crippen molar-refractivity contribution in [3.63, 3.8) is 0 Å². The van der Waals surface area contributed by atoms with Gasteiger partial charge in [-0.3, -0.25) is 0 Å². The molecule has 0 radical (unpaired) electrons. The van der Waals surface area contributed by atoms with Gasteiger partial charge in [-0.25, -0.2) is 0 Å². The van der Waals surface area contributed by atoms with Gasteiger partial charge in [-0.15, -0.1) is 12.6 Å². The van der Waals surface area contributed by atoms with Gasteiger partial charge < -0.3 is 0 Å². The van der Waals surface area contributed by atoms with E-state index in [9.17, 15) is 0 Å². The van der Waals surface area contributed by atoms with Crippen molar-refractivity contribution in [1.29, 1.82) is 0 Å². The van der Waals surface area contributed by atoms with Gasteiger partial charge in [-0.2, -0.15) is 0 Å². The van der Waals surface area contributed by atoms with Gasteiger partial charge in [0.15, 0.2) is 0 Å². The second-order valence-electron chi connectivity index (χ2n) is 14.4. The number of hydrogen-bond acceptors (Lipinski definition) is 1. The molecule has 168 valence electrons. The predicted octanol–water partition coefficient (Wildman–Crippen LogP) is 9.50. The second kappa shape index (κ2) is 7.73. The van der Waals surface area contributed by atoms with E-state index in [1.165, 1.54) is 27.6 Å². The Morgan fingerprint density at radius 2 is 0.862 bits per heavy atom. The first-order valence-electron chi connectivity index (χ1n) is 11.3. The molecule has 0 unspecified atom stereocenters. The van der Waals surface area contributed by atoms with E-state index in [0.29, 0.717) is 15.1 Å². The minimum atomic E-state index is -1.85. The molecule has 0 aliphatic carbocycles. The van der Waals surface area contributed by atoms with E-state index in [1.807, 2.05) is 0 Å². The van der Waals surface area contributed by atoms with Gasteiger partial charge in [0.05, 0.1) is 8.07 Å². The van der Waals surface area contributed by atoms with Gasteiger partial charge in [-0.05, 0) is 48.7 Å². The molecule has 0 nitrogen and oxygen atoms in total. The lowest BCUT2D eigenvalue weighted by molar-refractivity contribution is 0.523. The first kappa shape index (κ1) is 26.8. The third kappa shape index (κ3) is 5.17. The van der Waals surface area contributed by atoms with E-state index in [-0.39, 0.29) is 10.8 Å². The molecule has 0 spiro atoms. The molecule has 1 aromatic rings. The molecule has 29 heavy (non-hydrogen) atoms. The summed E-state index contributed by atoms with van der Waals surface area (Å²) in [5.41, 5.74) is 4.47. The van der Waals surface area contributed by atoms with E-state index in [1.54, 1.807) is 0 Å². The van der Waals surface area contributed by atoms with Crippen LogP contribution in [0.1, 0.15) is 121 Å². The molecular formula is C27H50SSi. The fourth-order valence-corrected chi connectivity index (χ4v) is 16.4. The molecule has 0 N–H and O–H groups in total. The molecule has 0 heterocycles. The van der Waals surface area contributed by atoms with E-state index in [2.05, 4.69) is 116 Å². The summed E-state index contributed by atoms with van der Waals surface area (Å²) in [7, 11) is -1.85. The predicted molar refractivity (Wildman–Crippen MR) is 140 cm³/mol. The monoisotopic (exact) mass is 434 g/mol. The zero-order chi connectivity index (χ0) is 23.4. The lowest BCUT2D eigenvalue weighted by atomic mass is 9.79. The van der Waals surface area contributed by atoms with Gasteiger partial charge in [0, 0.05) is 4.90 Å². The first-order chi connectivity index (χ1) is 12.5. The largest absolute Gasteiger partial charge is 0.143 e. The Hall–Kier alpha value is -0.213. The third-order valence-electron chi connectivity index (χ3n) is 7.10. The minimum absolute atomic E-state index is 0.0858. The highest BCUT2D eigenvalue weighted by molar-refractivity contribution is 7.80. The van der Waals surface area contributed by atoms with E-state index < -0.39 is 8.07 Å². The van der Waals surface area contributed by atoms with E-state index in [4.69, 9.17) is 12.6 Å². The normalized spacial score (nSPS) is 15.0. The Morgan fingerprint density at radius 3 is 1.07 bits per heavy atom. The molecule has 0 atom stereocenters. The number of hydrogen-bond donors (Lipinski definition) is 1.